The van der Waals surface area contributed by atoms with Crippen molar-refractivity contribution in [1.82, 2.24) is 10.3 Å². The van der Waals surface area contributed by atoms with E-state index in [0.29, 0.717) is 22.7 Å². The van der Waals surface area contributed by atoms with Crippen molar-refractivity contribution >= 4 is 39.2 Å². The standard InChI is InChI=1S/C19H18N4O2S/c1-25-15-4-2-3-12(7-15)11-22-18(24)17-8-13-5-6-16(14(9-20)10-21)23-19(13)26-17/h2-10,20H,11,21H2,1H3,(H,22,24)/b14-10+,20-9?. The molecule has 4 N–H and O–H groups in total. The van der Waals surface area contributed by atoms with Gasteiger partial charge in [-0.3, -0.25) is 4.79 Å². The first-order chi connectivity index (χ1) is 12.6. The van der Waals surface area contributed by atoms with E-state index in [1.807, 2.05) is 36.4 Å². The van der Waals surface area contributed by atoms with Crippen molar-refractivity contribution in [3.05, 3.63) is 64.8 Å². The number of nitrogens with zero attached hydrogens (tertiary/aromatic N) is 1. The van der Waals surface area contributed by atoms with Crippen LogP contribution < -0.4 is 15.8 Å². The summed E-state index contributed by atoms with van der Waals surface area (Å²) >= 11 is 1.31. The quantitative estimate of drug-likeness (QED) is 0.583. The van der Waals surface area contributed by atoms with E-state index in [2.05, 4.69) is 10.3 Å². The number of hydrogen-bond acceptors (Lipinski definition) is 6. The minimum absolute atomic E-state index is 0.154. The van der Waals surface area contributed by atoms with Crippen molar-refractivity contribution in [2.24, 2.45) is 5.73 Å². The molecule has 0 radical (unpaired) electrons. The van der Waals surface area contributed by atoms with Crippen molar-refractivity contribution in [2.75, 3.05) is 7.11 Å². The van der Waals surface area contributed by atoms with E-state index in [1.165, 1.54) is 17.5 Å². The van der Waals surface area contributed by atoms with Crippen molar-refractivity contribution in [3.63, 3.8) is 0 Å². The van der Waals surface area contributed by atoms with Crippen LogP contribution in [0.3, 0.4) is 0 Å². The minimum Gasteiger partial charge on any atom is -0.497 e. The Morgan fingerprint density at radius 1 is 1.35 bits per heavy atom. The molecule has 0 saturated carbocycles. The van der Waals surface area contributed by atoms with Crippen LogP contribution in [0.15, 0.2) is 48.7 Å². The third-order valence-corrected chi connectivity index (χ3v) is 4.87. The van der Waals surface area contributed by atoms with Crippen LogP contribution in [-0.2, 0) is 6.54 Å². The molecule has 26 heavy (non-hydrogen) atoms. The molecule has 0 aliphatic carbocycles. The molecular weight excluding hydrogens is 348 g/mol. The van der Waals surface area contributed by atoms with E-state index >= 15 is 0 Å². The second-order valence-electron chi connectivity index (χ2n) is 5.50. The van der Waals surface area contributed by atoms with Crippen LogP contribution in [0.4, 0.5) is 0 Å². The fraction of sp³-hybridized carbons (Fsp3) is 0.105. The maximum absolute atomic E-state index is 12.4. The van der Waals surface area contributed by atoms with Gasteiger partial charge in [-0.1, -0.05) is 12.1 Å². The molecule has 0 spiro atoms. The molecule has 0 aliphatic rings. The van der Waals surface area contributed by atoms with Crippen LogP contribution >= 0.6 is 11.3 Å². The minimum atomic E-state index is -0.154. The largest absolute Gasteiger partial charge is 0.497 e. The Morgan fingerprint density at radius 2 is 2.19 bits per heavy atom. The summed E-state index contributed by atoms with van der Waals surface area (Å²) in [6, 6.07) is 13.0. The molecule has 3 rings (SSSR count). The van der Waals surface area contributed by atoms with E-state index < -0.39 is 0 Å². The molecule has 132 valence electrons. The Bertz CT molecular complexity index is 994. The monoisotopic (exact) mass is 366 g/mol. The van der Waals surface area contributed by atoms with Crippen molar-refractivity contribution in [3.8, 4) is 5.75 Å². The Kier molecular flexibility index (Phi) is 5.28. The molecule has 6 nitrogen and oxygen atoms in total. The van der Waals surface area contributed by atoms with Gasteiger partial charge in [0.2, 0.25) is 0 Å². The molecule has 1 amide bonds. The maximum Gasteiger partial charge on any atom is 0.261 e. The van der Waals surface area contributed by atoms with Gasteiger partial charge in [0.05, 0.1) is 17.7 Å². The number of fused-ring (bicyclic) bond motifs is 1. The summed E-state index contributed by atoms with van der Waals surface area (Å²) in [6.45, 7) is 0.414. The molecule has 0 unspecified atom stereocenters. The topological polar surface area (TPSA) is 101 Å². The lowest BCUT2D eigenvalue weighted by Crippen LogP contribution is -2.21. The van der Waals surface area contributed by atoms with Crippen LogP contribution in [0.1, 0.15) is 20.9 Å². The number of thiophene rings is 1. The number of carbonyl (C=O) groups excluding carboxylic acids is 1. The summed E-state index contributed by atoms with van der Waals surface area (Å²) in [6.07, 6.45) is 2.50. The number of ether oxygens (including phenoxy) is 1. The number of carbonyl (C=O) groups is 1. The highest BCUT2D eigenvalue weighted by Gasteiger charge is 2.12. The number of aromatic nitrogens is 1. The third kappa shape index (κ3) is 3.73. The molecule has 2 aromatic heterocycles. The Balaban J connectivity index is 1.76. The third-order valence-electron chi connectivity index (χ3n) is 3.82. The fourth-order valence-corrected chi connectivity index (χ4v) is 3.40. The Labute approximate surface area is 154 Å². The second kappa shape index (κ2) is 7.79. The molecule has 0 aliphatic heterocycles. The zero-order chi connectivity index (χ0) is 18.5. The molecule has 7 heteroatoms. The van der Waals surface area contributed by atoms with Crippen molar-refractivity contribution in [2.45, 2.75) is 6.54 Å². The van der Waals surface area contributed by atoms with Crippen LogP contribution in [0.5, 0.6) is 5.75 Å². The number of nitrogens with one attached hydrogen (secondary N) is 2. The molecule has 1 aromatic carbocycles. The van der Waals surface area contributed by atoms with Gasteiger partial charge in [-0.05, 0) is 35.9 Å². The van der Waals surface area contributed by atoms with E-state index in [1.54, 1.807) is 13.2 Å². The number of pyridine rings is 1. The first kappa shape index (κ1) is 17.6. The zero-order valence-corrected chi connectivity index (χ0v) is 15.0. The predicted octanol–water partition coefficient (Wildman–Crippen LogP) is 3.18. The van der Waals surface area contributed by atoms with Crippen molar-refractivity contribution in [1.29, 1.82) is 5.41 Å². The highest BCUT2D eigenvalue weighted by molar-refractivity contribution is 7.20. The normalized spacial score (nSPS) is 11.3. The summed E-state index contributed by atoms with van der Waals surface area (Å²) in [7, 11) is 1.61. The number of methoxy groups -OCH3 is 1. The van der Waals surface area contributed by atoms with Gasteiger partial charge in [-0.2, -0.15) is 0 Å². The zero-order valence-electron chi connectivity index (χ0n) is 14.2. The van der Waals surface area contributed by atoms with Crippen LogP contribution in [0, 0.1) is 5.41 Å². The number of rotatable bonds is 6. The van der Waals surface area contributed by atoms with Crippen LogP contribution in [-0.4, -0.2) is 24.2 Å². The van der Waals surface area contributed by atoms with E-state index in [-0.39, 0.29) is 5.91 Å². The van der Waals surface area contributed by atoms with Crippen LogP contribution in [0.25, 0.3) is 15.8 Å². The maximum atomic E-state index is 12.4. The van der Waals surface area contributed by atoms with Gasteiger partial charge in [-0.25, -0.2) is 4.98 Å². The van der Waals surface area contributed by atoms with Gasteiger partial charge in [-0.15, -0.1) is 11.3 Å². The predicted molar refractivity (Wildman–Crippen MR) is 105 cm³/mol. The van der Waals surface area contributed by atoms with Gasteiger partial charge >= 0.3 is 0 Å². The van der Waals surface area contributed by atoms with E-state index in [0.717, 1.165) is 27.7 Å². The fourth-order valence-electron chi connectivity index (χ4n) is 2.45. The van der Waals surface area contributed by atoms with Gasteiger partial charge in [0.1, 0.15) is 10.6 Å². The number of nitrogens with two attached hydrogens (primary N) is 1. The molecule has 3 aromatic rings. The van der Waals surface area contributed by atoms with Gasteiger partial charge in [0.25, 0.3) is 5.91 Å². The highest BCUT2D eigenvalue weighted by atomic mass is 32.1. The molecule has 2 heterocycles. The summed E-state index contributed by atoms with van der Waals surface area (Å²) in [5.41, 5.74) is 7.61. The summed E-state index contributed by atoms with van der Waals surface area (Å²) in [5.74, 6) is 0.601. The number of benzene rings is 1. The Morgan fingerprint density at radius 3 is 2.92 bits per heavy atom. The average molecular weight is 366 g/mol. The average Bonchev–Trinajstić information content (AvgIpc) is 3.11. The first-order valence-electron chi connectivity index (χ1n) is 7.89. The van der Waals surface area contributed by atoms with Gasteiger partial charge < -0.3 is 21.2 Å². The van der Waals surface area contributed by atoms with Crippen molar-refractivity contribution < 1.29 is 9.53 Å². The lowest BCUT2D eigenvalue weighted by atomic mass is 10.2. The molecule has 0 fully saturated rings. The summed E-state index contributed by atoms with van der Waals surface area (Å²) < 4.78 is 5.19. The highest BCUT2D eigenvalue weighted by Crippen LogP contribution is 2.25. The van der Waals surface area contributed by atoms with Gasteiger partial charge in [0, 0.05) is 29.9 Å². The SMILES string of the molecule is COc1cccc(CNC(=O)c2cc3ccc(/C(C=N)=C/N)nc3s2)c1. The van der Waals surface area contributed by atoms with Gasteiger partial charge in [0.15, 0.2) is 0 Å². The number of hydrogen-bond donors (Lipinski definition) is 3. The Hall–Kier alpha value is -3.19. The number of amides is 1. The second-order valence-corrected chi connectivity index (χ2v) is 6.53. The summed E-state index contributed by atoms with van der Waals surface area (Å²) in [5, 5.41) is 11.2. The van der Waals surface area contributed by atoms with E-state index in [4.69, 9.17) is 15.9 Å². The lowest BCUT2D eigenvalue weighted by Gasteiger charge is -2.05. The molecule has 0 saturated heterocycles. The molecular formula is C19H18N4O2S. The van der Waals surface area contributed by atoms with Crippen LogP contribution in [0.2, 0.25) is 0 Å². The molecule has 0 atom stereocenters. The summed E-state index contributed by atoms with van der Waals surface area (Å²) in [4.78, 5) is 18.2. The first-order valence-corrected chi connectivity index (χ1v) is 8.70. The smallest absolute Gasteiger partial charge is 0.261 e. The molecule has 0 bridgehead atoms. The lowest BCUT2D eigenvalue weighted by molar-refractivity contribution is 0.0955. The van der Waals surface area contributed by atoms with E-state index in [9.17, 15) is 4.79 Å². The number of allylic oxidation sites excluding steroid dienone is 1.